The lowest BCUT2D eigenvalue weighted by Gasteiger charge is -2.27. The van der Waals surface area contributed by atoms with Crippen molar-refractivity contribution in [2.75, 3.05) is 6.61 Å². The highest BCUT2D eigenvalue weighted by Crippen LogP contribution is 2.20. The first kappa shape index (κ1) is 21.9. The van der Waals surface area contributed by atoms with Crippen molar-refractivity contribution in [2.24, 2.45) is 5.92 Å². The van der Waals surface area contributed by atoms with Crippen molar-refractivity contribution in [1.82, 2.24) is 0 Å². The monoisotopic (exact) mass is 314 g/mol. The lowest BCUT2D eigenvalue weighted by atomic mass is 10.0. The Labute approximate surface area is 140 Å². The number of unbranched alkanes of at least 4 members (excludes halogenated alkanes) is 1. The zero-order chi connectivity index (χ0) is 17.0. The van der Waals surface area contributed by atoms with Crippen LogP contribution in [0.5, 0.6) is 0 Å². The molecule has 2 unspecified atom stereocenters. The Hall–Kier alpha value is -0.0800. The Morgan fingerprint density at radius 2 is 1.27 bits per heavy atom. The fraction of sp³-hybridized carbons (Fsp3) is 1.00. The maximum absolute atomic E-state index is 6.18. The van der Waals surface area contributed by atoms with E-state index in [4.69, 9.17) is 9.47 Å². The van der Waals surface area contributed by atoms with Crippen molar-refractivity contribution in [3.05, 3.63) is 0 Å². The summed E-state index contributed by atoms with van der Waals surface area (Å²) in [4.78, 5) is 0. The molecule has 2 heteroatoms. The highest BCUT2D eigenvalue weighted by Gasteiger charge is 2.18. The summed E-state index contributed by atoms with van der Waals surface area (Å²) < 4.78 is 12.2. The Morgan fingerprint density at radius 3 is 1.73 bits per heavy atom. The summed E-state index contributed by atoms with van der Waals surface area (Å²) in [6, 6.07) is 0. The van der Waals surface area contributed by atoms with Gasteiger partial charge in [0.2, 0.25) is 0 Å². The summed E-state index contributed by atoms with van der Waals surface area (Å²) in [7, 11) is 0. The summed E-state index contributed by atoms with van der Waals surface area (Å²) >= 11 is 0. The molecule has 0 bridgehead atoms. The van der Waals surface area contributed by atoms with Crippen LogP contribution in [0.2, 0.25) is 0 Å². The van der Waals surface area contributed by atoms with E-state index in [1.54, 1.807) is 0 Å². The topological polar surface area (TPSA) is 18.5 Å². The van der Waals surface area contributed by atoms with Crippen LogP contribution in [0.3, 0.4) is 0 Å². The summed E-state index contributed by atoms with van der Waals surface area (Å²) in [6.45, 7) is 16.3. The van der Waals surface area contributed by atoms with Gasteiger partial charge in [0.05, 0.1) is 17.8 Å². The normalized spacial score (nSPS) is 15.3. The molecule has 22 heavy (non-hydrogen) atoms. The second-order valence-electron chi connectivity index (χ2n) is 8.06. The largest absolute Gasteiger partial charge is 0.378 e. The third-order valence-electron chi connectivity index (χ3n) is 3.71. The van der Waals surface area contributed by atoms with E-state index in [0.717, 1.165) is 6.61 Å². The van der Waals surface area contributed by atoms with Gasteiger partial charge in [-0.05, 0) is 52.4 Å². The minimum Gasteiger partial charge on any atom is -0.378 e. The molecule has 0 fully saturated rings. The zero-order valence-electron chi connectivity index (χ0n) is 16.4. The van der Waals surface area contributed by atoms with Gasteiger partial charge in [0.1, 0.15) is 0 Å². The van der Waals surface area contributed by atoms with Crippen molar-refractivity contribution in [1.29, 1.82) is 0 Å². The maximum atomic E-state index is 6.18. The van der Waals surface area contributed by atoms with Crippen LogP contribution in [0.1, 0.15) is 99.8 Å². The lowest BCUT2D eigenvalue weighted by Crippen LogP contribution is -2.27. The molecule has 0 N–H and O–H groups in total. The fourth-order valence-electron chi connectivity index (χ4n) is 2.79. The van der Waals surface area contributed by atoms with E-state index >= 15 is 0 Å². The third kappa shape index (κ3) is 13.6. The van der Waals surface area contributed by atoms with Crippen molar-refractivity contribution in [3.63, 3.8) is 0 Å². The molecule has 0 aromatic rings. The minimum atomic E-state index is -0.0229. The van der Waals surface area contributed by atoms with E-state index in [0.29, 0.717) is 18.1 Å². The standard InChI is InChI=1S/C20H42O2/c1-8-12-18(21-16-17(3)4)14-10-11-15-19(13-9-2)22-20(5,6)7/h17-19H,8-16H2,1-7H3. The summed E-state index contributed by atoms with van der Waals surface area (Å²) in [5.41, 5.74) is -0.0229. The molecule has 0 rings (SSSR count). The Balaban J connectivity index is 4.01. The lowest BCUT2D eigenvalue weighted by molar-refractivity contribution is -0.0675. The molecule has 0 spiro atoms. The number of ether oxygens (including phenoxy) is 2. The van der Waals surface area contributed by atoms with Crippen molar-refractivity contribution in [2.45, 2.75) is 118 Å². The average molecular weight is 315 g/mol. The first-order valence-electron chi connectivity index (χ1n) is 9.57. The number of hydrogen-bond acceptors (Lipinski definition) is 2. The predicted molar refractivity (Wildman–Crippen MR) is 97.5 cm³/mol. The van der Waals surface area contributed by atoms with Crippen molar-refractivity contribution < 1.29 is 9.47 Å². The van der Waals surface area contributed by atoms with Crippen LogP contribution in [0.15, 0.2) is 0 Å². The molecule has 0 saturated heterocycles. The second kappa shape index (κ2) is 12.4. The molecular formula is C20H42O2. The highest BCUT2D eigenvalue weighted by atomic mass is 16.5. The molecule has 134 valence electrons. The van der Waals surface area contributed by atoms with Gasteiger partial charge >= 0.3 is 0 Å². The van der Waals surface area contributed by atoms with Gasteiger partial charge in [-0.2, -0.15) is 0 Å². The molecule has 2 nitrogen and oxygen atoms in total. The molecule has 0 aliphatic carbocycles. The SMILES string of the molecule is CCCC(CCCCC(CCC)OC(C)(C)C)OCC(C)C. The first-order chi connectivity index (χ1) is 10.3. The summed E-state index contributed by atoms with van der Waals surface area (Å²) in [6.07, 6.45) is 10.6. The van der Waals surface area contributed by atoms with Gasteiger partial charge in [-0.1, -0.05) is 53.4 Å². The van der Waals surface area contributed by atoms with Crippen LogP contribution >= 0.6 is 0 Å². The van der Waals surface area contributed by atoms with Gasteiger partial charge in [-0.3, -0.25) is 0 Å². The Bertz CT molecular complexity index is 243. The average Bonchev–Trinajstić information content (AvgIpc) is 2.39. The van der Waals surface area contributed by atoms with Crippen LogP contribution in [-0.2, 0) is 9.47 Å². The minimum absolute atomic E-state index is 0.0229. The van der Waals surface area contributed by atoms with Crippen molar-refractivity contribution >= 4 is 0 Å². The van der Waals surface area contributed by atoms with E-state index in [-0.39, 0.29) is 5.60 Å². The van der Waals surface area contributed by atoms with Gasteiger partial charge < -0.3 is 9.47 Å². The molecule has 0 saturated carbocycles. The number of hydrogen-bond donors (Lipinski definition) is 0. The molecular weight excluding hydrogens is 272 g/mol. The molecule has 0 aromatic heterocycles. The number of rotatable bonds is 13. The Kier molecular flexibility index (Phi) is 12.3. The highest BCUT2D eigenvalue weighted by molar-refractivity contribution is 4.67. The molecule has 2 atom stereocenters. The smallest absolute Gasteiger partial charge is 0.0602 e. The van der Waals surface area contributed by atoms with Gasteiger partial charge in [0.25, 0.3) is 0 Å². The van der Waals surface area contributed by atoms with Crippen LogP contribution < -0.4 is 0 Å². The van der Waals surface area contributed by atoms with Gasteiger partial charge in [0, 0.05) is 6.61 Å². The molecule has 0 amide bonds. The summed E-state index contributed by atoms with van der Waals surface area (Å²) in [5, 5.41) is 0. The predicted octanol–water partition coefficient (Wildman–Crippen LogP) is 6.37. The van der Waals surface area contributed by atoms with Crippen LogP contribution in [0, 0.1) is 5.92 Å². The van der Waals surface area contributed by atoms with Crippen LogP contribution in [0.25, 0.3) is 0 Å². The fourth-order valence-corrected chi connectivity index (χ4v) is 2.79. The van der Waals surface area contributed by atoms with Crippen LogP contribution in [-0.4, -0.2) is 24.4 Å². The molecule has 0 radical (unpaired) electrons. The molecule has 0 heterocycles. The molecule has 0 aromatic carbocycles. The quantitative estimate of drug-likeness (QED) is 0.368. The third-order valence-corrected chi connectivity index (χ3v) is 3.71. The first-order valence-corrected chi connectivity index (χ1v) is 9.57. The maximum Gasteiger partial charge on any atom is 0.0602 e. The molecule has 0 aliphatic heterocycles. The van der Waals surface area contributed by atoms with E-state index in [9.17, 15) is 0 Å². The van der Waals surface area contributed by atoms with Gasteiger partial charge in [-0.25, -0.2) is 0 Å². The van der Waals surface area contributed by atoms with Crippen molar-refractivity contribution in [3.8, 4) is 0 Å². The van der Waals surface area contributed by atoms with Crippen LogP contribution in [0.4, 0.5) is 0 Å². The van der Waals surface area contributed by atoms with E-state index in [1.807, 2.05) is 0 Å². The van der Waals surface area contributed by atoms with Gasteiger partial charge in [0.15, 0.2) is 0 Å². The van der Waals surface area contributed by atoms with E-state index < -0.39 is 0 Å². The summed E-state index contributed by atoms with van der Waals surface area (Å²) in [5.74, 6) is 0.633. The van der Waals surface area contributed by atoms with E-state index in [1.165, 1.54) is 51.4 Å². The Morgan fingerprint density at radius 1 is 0.773 bits per heavy atom. The molecule has 0 aliphatic rings. The van der Waals surface area contributed by atoms with Gasteiger partial charge in [-0.15, -0.1) is 0 Å². The van der Waals surface area contributed by atoms with E-state index in [2.05, 4.69) is 48.5 Å². The zero-order valence-corrected chi connectivity index (χ0v) is 16.4. The second-order valence-corrected chi connectivity index (χ2v) is 8.06.